The van der Waals surface area contributed by atoms with Crippen LogP contribution in [0, 0.1) is 0 Å². The fourth-order valence-corrected chi connectivity index (χ4v) is 3.66. The Kier molecular flexibility index (Phi) is 6.05. The van der Waals surface area contributed by atoms with Gasteiger partial charge in [-0.2, -0.15) is 4.98 Å². The summed E-state index contributed by atoms with van der Waals surface area (Å²) in [5.41, 5.74) is 7.79. The number of ether oxygens (including phenoxy) is 1. The minimum Gasteiger partial charge on any atom is -0.494 e. The smallest absolute Gasteiger partial charge is 0.248 e. The molecule has 0 fully saturated rings. The summed E-state index contributed by atoms with van der Waals surface area (Å²) in [6.07, 6.45) is 1.98. The first-order valence-electron chi connectivity index (χ1n) is 9.14. The summed E-state index contributed by atoms with van der Waals surface area (Å²) < 4.78 is 7.40. The number of hydrogen-bond acceptors (Lipinski definition) is 6. The predicted octanol–water partition coefficient (Wildman–Crippen LogP) is 3.34. The highest BCUT2D eigenvalue weighted by Crippen LogP contribution is 2.36. The number of primary amides is 1. The third kappa shape index (κ3) is 4.10. The number of carbonyl (C=O) groups is 1. The van der Waals surface area contributed by atoms with Crippen LogP contribution >= 0.6 is 11.8 Å². The highest BCUT2D eigenvalue weighted by Gasteiger charge is 2.33. The van der Waals surface area contributed by atoms with Crippen molar-refractivity contribution in [1.82, 2.24) is 14.8 Å². The van der Waals surface area contributed by atoms with Gasteiger partial charge in [0.15, 0.2) is 0 Å². The Balaban J connectivity index is 1.99. The molecule has 0 radical (unpaired) electrons. The topological polar surface area (TPSA) is 95.1 Å². The van der Waals surface area contributed by atoms with E-state index in [1.54, 1.807) is 16.4 Å². The molecule has 3 N–H and O–H groups in total. The number of carbonyl (C=O) groups excluding carboxylic acids is 1. The minimum absolute atomic E-state index is 0.414. The standard InChI is InChI=1S/C19H25N5O2S/c1-4-10-26-14-8-6-13(7-9-14)16-15(17(20)25)12(3)21-18-22-19(23-24(16)18)27-11-5-2/h6-9,16H,4-5,10-11H2,1-3H3,(H2,20,25)(H,21,22,23). The van der Waals surface area contributed by atoms with Crippen LogP contribution in [0.5, 0.6) is 5.75 Å². The molecular weight excluding hydrogens is 362 g/mol. The summed E-state index contributed by atoms with van der Waals surface area (Å²) in [5, 5.41) is 8.46. The lowest BCUT2D eigenvalue weighted by molar-refractivity contribution is -0.115. The Labute approximate surface area is 163 Å². The van der Waals surface area contributed by atoms with Crippen LogP contribution in [-0.2, 0) is 4.79 Å². The Morgan fingerprint density at radius 2 is 2.04 bits per heavy atom. The number of nitrogens with zero attached hydrogens (tertiary/aromatic N) is 3. The number of allylic oxidation sites excluding steroid dienone is 1. The summed E-state index contributed by atoms with van der Waals surface area (Å²) in [6.45, 7) is 6.69. The molecule has 2 aromatic rings. The molecule has 1 atom stereocenters. The van der Waals surface area contributed by atoms with Gasteiger partial charge in [0.25, 0.3) is 0 Å². The van der Waals surface area contributed by atoms with E-state index in [-0.39, 0.29) is 0 Å². The van der Waals surface area contributed by atoms with Crippen LogP contribution in [0.4, 0.5) is 5.95 Å². The number of benzene rings is 1. The number of nitrogens with two attached hydrogens (primary N) is 1. The van der Waals surface area contributed by atoms with Crippen molar-refractivity contribution in [2.75, 3.05) is 17.7 Å². The summed E-state index contributed by atoms with van der Waals surface area (Å²) in [6, 6.07) is 7.29. The molecule has 7 nitrogen and oxygen atoms in total. The Hall–Kier alpha value is -2.48. The fraction of sp³-hybridized carbons (Fsp3) is 0.421. The number of hydrogen-bond donors (Lipinski definition) is 2. The first kappa shape index (κ1) is 19.3. The van der Waals surface area contributed by atoms with E-state index in [9.17, 15) is 4.79 Å². The van der Waals surface area contributed by atoms with Crippen LogP contribution in [0.25, 0.3) is 0 Å². The molecule has 2 heterocycles. The van der Waals surface area contributed by atoms with Crippen molar-refractivity contribution in [3.63, 3.8) is 0 Å². The van der Waals surface area contributed by atoms with Crippen molar-refractivity contribution in [2.24, 2.45) is 5.73 Å². The van der Waals surface area contributed by atoms with Crippen LogP contribution in [0.15, 0.2) is 40.7 Å². The molecular formula is C19H25N5O2S. The van der Waals surface area contributed by atoms with E-state index in [4.69, 9.17) is 10.5 Å². The lowest BCUT2D eigenvalue weighted by Gasteiger charge is -2.27. The van der Waals surface area contributed by atoms with E-state index in [0.717, 1.165) is 29.9 Å². The Morgan fingerprint density at radius 1 is 1.30 bits per heavy atom. The fourth-order valence-electron chi connectivity index (χ4n) is 2.98. The highest BCUT2D eigenvalue weighted by molar-refractivity contribution is 7.99. The molecule has 0 saturated carbocycles. The van der Waals surface area contributed by atoms with Gasteiger partial charge in [0.1, 0.15) is 11.8 Å². The normalized spacial score (nSPS) is 16.0. The third-order valence-corrected chi connectivity index (χ3v) is 5.25. The number of nitrogens with one attached hydrogen (secondary N) is 1. The highest BCUT2D eigenvalue weighted by atomic mass is 32.2. The minimum atomic E-state index is -0.472. The van der Waals surface area contributed by atoms with E-state index in [1.165, 1.54) is 0 Å². The molecule has 1 aromatic heterocycles. The molecule has 144 valence electrons. The maximum absolute atomic E-state index is 12.2. The van der Waals surface area contributed by atoms with E-state index >= 15 is 0 Å². The second-order valence-electron chi connectivity index (χ2n) is 6.36. The number of amides is 1. The van der Waals surface area contributed by atoms with Crippen molar-refractivity contribution in [1.29, 1.82) is 0 Å². The second kappa shape index (κ2) is 8.47. The number of fused-ring (bicyclic) bond motifs is 1. The van der Waals surface area contributed by atoms with Gasteiger partial charge in [-0.1, -0.05) is 37.7 Å². The van der Waals surface area contributed by atoms with Gasteiger partial charge in [-0.25, -0.2) is 4.68 Å². The van der Waals surface area contributed by atoms with E-state index in [2.05, 4.69) is 29.2 Å². The molecule has 27 heavy (non-hydrogen) atoms. The monoisotopic (exact) mass is 387 g/mol. The molecule has 0 aliphatic carbocycles. The van der Waals surface area contributed by atoms with Crippen LogP contribution in [0.1, 0.15) is 45.2 Å². The zero-order valence-corrected chi connectivity index (χ0v) is 16.7. The maximum atomic E-state index is 12.2. The van der Waals surface area contributed by atoms with Crippen LogP contribution in [0.2, 0.25) is 0 Å². The molecule has 3 rings (SSSR count). The molecule has 1 unspecified atom stereocenters. The van der Waals surface area contributed by atoms with Gasteiger partial charge in [-0.05, 0) is 37.5 Å². The number of rotatable bonds is 8. The zero-order chi connectivity index (χ0) is 19.4. The molecule has 1 aliphatic heterocycles. The molecule has 0 saturated heterocycles. The largest absolute Gasteiger partial charge is 0.494 e. The van der Waals surface area contributed by atoms with Crippen LogP contribution in [-0.4, -0.2) is 33.0 Å². The number of aromatic nitrogens is 3. The SMILES string of the molecule is CCCOc1ccc(C2C(C(N)=O)=C(C)Nc3nc(SCCC)nn32)cc1. The van der Waals surface area contributed by atoms with Crippen LogP contribution in [0.3, 0.4) is 0 Å². The van der Waals surface area contributed by atoms with Gasteiger partial charge in [0, 0.05) is 11.4 Å². The van der Waals surface area contributed by atoms with E-state index in [1.807, 2.05) is 31.2 Å². The van der Waals surface area contributed by atoms with Crippen molar-refractivity contribution >= 4 is 23.6 Å². The first-order valence-corrected chi connectivity index (χ1v) is 10.1. The molecule has 1 aliphatic rings. The first-order chi connectivity index (χ1) is 13.0. The lowest BCUT2D eigenvalue weighted by atomic mass is 9.95. The third-order valence-electron chi connectivity index (χ3n) is 4.20. The Bertz CT molecular complexity index is 844. The summed E-state index contributed by atoms with van der Waals surface area (Å²) in [7, 11) is 0. The number of thioether (sulfide) groups is 1. The zero-order valence-electron chi connectivity index (χ0n) is 15.9. The van der Waals surface area contributed by atoms with Crippen molar-refractivity contribution < 1.29 is 9.53 Å². The van der Waals surface area contributed by atoms with Crippen molar-refractivity contribution in [3.05, 3.63) is 41.1 Å². The van der Waals surface area contributed by atoms with E-state index in [0.29, 0.717) is 29.0 Å². The van der Waals surface area contributed by atoms with E-state index < -0.39 is 11.9 Å². The molecule has 8 heteroatoms. The molecule has 0 spiro atoms. The second-order valence-corrected chi connectivity index (χ2v) is 7.42. The van der Waals surface area contributed by atoms with Gasteiger partial charge in [-0.3, -0.25) is 4.79 Å². The van der Waals surface area contributed by atoms with Gasteiger partial charge < -0.3 is 15.8 Å². The summed E-state index contributed by atoms with van der Waals surface area (Å²) in [5.74, 6) is 1.88. The number of anilines is 1. The molecule has 1 aromatic carbocycles. The Morgan fingerprint density at radius 3 is 2.67 bits per heavy atom. The van der Waals surface area contributed by atoms with Gasteiger partial charge in [-0.15, -0.1) is 5.10 Å². The quantitative estimate of drug-likeness (QED) is 0.675. The van der Waals surface area contributed by atoms with Crippen LogP contribution < -0.4 is 15.8 Å². The molecule has 0 bridgehead atoms. The van der Waals surface area contributed by atoms with Crippen molar-refractivity contribution in [2.45, 2.75) is 44.8 Å². The summed E-state index contributed by atoms with van der Waals surface area (Å²) in [4.78, 5) is 16.7. The van der Waals surface area contributed by atoms with Gasteiger partial charge >= 0.3 is 0 Å². The average Bonchev–Trinajstić information content (AvgIpc) is 3.06. The van der Waals surface area contributed by atoms with Gasteiger partial charge in [0.05, 0.1) is 12.2 Å². The average molecular weight is 388 g/mol. The molecule has 1 amide bonds. The van der Waals surface area contributed by atoms with Gasteiger partial charge in [0.2, 0.25) is 17.0 Å². The summed E-state index contributed by atoms with van der Waals surface area (Å²) >= 11 is 1.60. The lowest BCUT2D eigenvalue weighted by Crippen LogP contribution is -2.31. The van der Waals surface area contributed by atoms with Crippen molar-refractivity contribution in [3.8, 4) is 5.75 Å². The predicted molar refractivity (Wildman–Crippen MR) is 107 cm³/mol. The maximum Gasteiger partial charge on any atom is 0.248 e.